The average molecular weight is 273 g/mol. The number of carbonyl (C=O) groups is 1. The van der Waals surface area contributed by atoms with Gasteiger partial charge in [-0.1, -0.05) is 30.0 Å². The fourth-order valence-electron chi connectivity index (χ4n) is 1.62. The molecule has 20 heavy (non-hydrogen) atoms. The summed E-state index contributed by atoms with van der Waals surface area (Å²) in [5.74, 6) is 0.662. The Morgan fingerprint density at radius 3 is 3.05 bits per heavy atom. The van der Waals surface area contributed by atoms with Crippen LogP contribution in [0.15, 0.2) is 36.9 Å². The lowest BCUT2D eigenvalue weighted by molar-refractivity contribution is 0.0934. The molecule has 0 saturated heterocycles. The van der Waals surface area contributed by atoms with E-state index < -0.39 is 0 Å². The molecule has 0 radical (unpaired) electrons. The maximum absolute atomic E-state index is 12.2. The summed E-state index contributed by atoms with van der Waals surface area (Å²) in [5.41, 5.74) is 0.449. The Bertz CT molecular complexity index is 582. The predicted octanol–water partition coefficient (Wildman–Crippen LogP) is 1.26. The monoisotopic (exact) mass is 273 g/mol. The van der Waals surface area contributed by atoms with Gasteiger partial charge in [0, 0.05) is 0 Å². The number of rotatable bonds is 6. The van der Waals surface area contributed by atoms with E-state index in [9.17, 15) is 4.79 Å². The lowest BCUT2D eigenvalue weighted by Crippen LogP contribution is -2.27. The van der Waals surface area contributed by atoms with Crippen molar-refractivity contribution in [1.29, 1.82) is 0 Å². The van der Waals surface area contributed by atoms with Gasteiger partial charge in [-0.15, -0.1) is 10.2 Å². The van der Waals surface area contributed by atoms with Gasteiger partial charge in [-0.25, -0.2) is 0 Å². The number of nitrogens with zero attached hydrogens (tertiary/aromatic N) is 3. The fraction of sp³-hybridized carbons (Fsp3) is 0.231. The molecule has 1 aromatic heterocycles. The molecular formula is C13H15N5O2. The zero-order valence-electron chi connectivity index (χ0n) is 11.0. The number of H-pyrrole nitrogens is 1. The van der Waals surface area contributed by atoms with Gasteiger partial charge in [0.05, 0.1) is 11.6 Å². The molecule has 0 fully saturated rings. The third kappa shape index (κ3) is 3.19. The molecule has 0 aliphatic rings. The Balaban J connectivity index is 2.10. The van der Waals surface area contributed by atoms with E-state index in [4.69, 9.17) is 4.74 Å². The highest BCUT2D eigenvalue weighted by Gasteiger charge is 2.17. The van der Waals surface area contributed by atoms with Crippen LogP contribution in [0.5, 0.6) is 5.75 Å². The molecule has 1 atom stereocenters. The van der Waals surface area contributed by atoms with Crippen molar-refractivity contribution in [3.8, 4) is 5.75 Å². The Hall–Kier alpha value is -2.70. The van der Waals surface area contributed by atoms with Gasteiger partial charge in [0.2, 0.25) is 0 Å². The van der Waals surface area contributed by atoms with Crippen molar-refractivity contribution in [2.75, 3.05) is 6.61 Å². The molecule has 0 spiro atoms. The lowest BCUT2D eigenvalue weighted by atomic mass is 10.1. The van der Waals surface area contributed by atoms with Crippen molar-refractivity contribution >= 4 is 5.91 Å². The summed E-state index contributed by atoms with van der Waals surface area (Å²) in [6.45, 7) is 5.69. The number of amides is 1. The predicted molar refractivity (Wildman–Crippen MR) is 72.2 cm³/mol. The number of hydrogen-bond donors (Lipinski definition) is 2. The van der Waals surface area contributed by atoms with Crippen LogP contribution in [0.2, 0.25) is 0 Å². The van der Waals surface area contributed by atoms with Crippen molar-refractivity contribution in [2.24, 2.45) is 0 Å². The van der Waals surface area contributed by atoms with Crippen LogP contribution in [0, 0.1) is 0 Å². The van der Waals surface area contributed by atoms with E-state index in [1.165, 1.54) is 0 Å². The SMILES string of the molecule is C=CCOc1ccccc1C(=O)NC(C)c1nn[nH]n1. The summed E-state index contributed by atoms with van der Waals surface area (Å²) in [5, 5.41) is 16.2. The van der Waals surface area contributed by atoms with E-state index in [0.717, 1.165) is 0 Å². The molecule has 7 heteroatoms. The van der Waals surface area contributed by atoms with Gasteiger partial charge in [-0.2, -0.15) is 5.21 Å². The first kappa shape index (κ1) is 13.7. The highest BCUT2D eigenvalue weighted by atomic mass is 16.5. The topological polar surface area (TPSA) is 92.8 Å². The molecule has 1 aromatic carbocycles. The number of hydrogen-bond acceptors (Lipinski definition) is 5. The van der Waals surface area contributed by atoms with Crippen molar-refractivity contribution in [3.63, 3.8) is 0 Å². The first-order chi connectivity index (χ1) is 9.72. The second kappa shape index (κ2) is 6.46. The van der Waals surface area contributed by atoms with E-state index in [-0.39, 0.29) is 11.9 Å². The fourth-order valence-corrected chi connectivity index (χ4v) is 1.62. The summed E-state index contributed by atoms with van der Waals surface area (Å²) in [6.07, 6.45) is 1.62. The molecule has 7 nitrogen and oxygen atoms in total. The molecule has 1 heterocycles. The van der Waals surface area contributed by atoms with Crippen molar-refractivity contribution < 1.29 is 9.53 Å². The van der Waals surface area contributed by atoms with Crippen LogP contribution in [0.1, 0.15) is 29.1 Å². The van der Waals surface area contributed by atoms with Gasteiger partial charge in [0.15, 0.2) is 5.82 Å². The minimum atomic E-state index is -0.353. The molecule has 104 valence electrons. The summed E-state index contributed by atoms with van der Waals surface area (Å²) >= 11 is 0. The van der Waals surface area contributed by atoms with Crippen LogP contribution < -0.4 is 10.1 Å². The van der Waals surface area contributed by atoms with Crippen molar-refractivity contribution in [1.82, 2.24) is 25.9 Å². The van der Waals surface area contributed by atoms with Crippen LogP contribution in [0.25, 0.3) is 0 Å². The molecule has 0 bridgehead atoms. The Kier molecular flexibility index (Phi) is 4.43. The summed E-state index contributed by atoms with van der Waals surface area (Å²) in [7, 11) is 0. The van der Waals surface area contributed by atoms with Crippen LogP contribution in [-0.2, 0) is 0 Å². The summed E-state index contributed by atoms with van der Waals surface area (Å²) < 4.78 is 5.45. The van der Waals surface area contributed by atoms with Crippen LogP contribution in [0.4, 0.5) is 0 Å². The number of carbonyl (C=O) groups excluding carboxylic acids is 1. The number of aromatic nitrogens is 4. The third-order valence-electron chi connectivity index (χ3n) is 2.58. The molecule has 2 N–H and O–H groups in total. The van der Waals surface area contributed by atoms with Gasteiger partial charge in [-0.3, -0.25) is 4.79 Å². The largest absolute Gasteiger partial charge is 0.489 e. The second-order valence-electron chi connectivity index (χ2n) is 4.06. The molecule has 0 aliphatic carbocycles. The normalized spacial score (nSPS) is 11.7. The van der Waals surface area contributed by atoms with E-state index in [1.54, 1.807) is 37.3 Å². The molecule has 1 unspecified atom stereocenters. The summed E-state index contributed by atoms with van der Waals surface area (Å²) in [6, 6.07) is 6.65. The van der Waals surface area contributed by atoms with Crippen molar-refractivity contribution in [2.45, 2.75) is 13.0 Å². The number of ether oxygens (including phenoxy) is 1. The van der Waals surface area contributed by atoms with Gasteiger partial charge >= 0.3 is 0 Å². The number of aromatic amines is 1. The van der Waals surface area contributed by atoms with Crippen LogP contribution in [0.3, 0.4) is 0 Å². The standard InChI is InChI=1S/C13H15N5O2/c1-3-8-20-11-7-5-4-6-10(11)13(19)14-9(2)12-15-17-18-16-12/h3-7,9H,1,8H2,2H3,(H,14,19)(H,15,16,17,18). The first-order valence-corrected chi connectivity index (χ1v) is 6.09. The first-order valence-electron chi connectivity index (χ1n) is 6.09. The number of benzene rings is 1. The lowest BCUT2D eigenvalue weighted by Gasteiger charge is -2.13. The minimum Gasteiger partial charge on any atom is -0.489 e. The van der Waals surface area contributed by atoms with E-state index in [0.29, 0.717) is 23.7 Å². The maximum Gasteiger partial charge on any atom is 0.255 e. The summed E-state index contributed by atoms with van der Waals surface area (Å²) in [4.78, 5) is 12.2. The Labute approximate surface area is 116 Å². The molecule has 0 aliphatic heterocycles. The molecule has 1 amide bonds. The van der Waals surface area contributed by atoms with Crippen LogP contribution >= 0.6 is 0 Å². The van der Waals surface area contributed by atoms with Gasteiger partial charge in [-0.05, 0) is 19.1 Å². The highest BCUT2D eigenvalue weighted by molar-refractivity contribution is 5.97. The quantitative estimate of drug-likeness (QED) is 0.773. The van der Waals surface area contributed by atoms with Gasteiger partial charge in [0.25, 0.3) is 5.91 Å². The van der Waals surface area contributed by atoms with E-state index in [2.05, 4.69) is 32.5 Å². The van der Waals surface area contributed by atoms with Crippen molar-refractivity contribution in [3.05, 3.63) is 48.3 Å². The van der Waals surface area contributed by atoms with Crippen LogP contribution in [-0.4, -0.2) is 33.1 Å². The number of tetrazole rings is 1. The number of para-hydroxylation sites is 1. The Morgan fingerprint density at radius 2 is 2.35 bits per heavy atom. The van der Waals surface area contributed by atoms with Gasteiger partial charge < -0.3 is 10.1 Å². The van der Waals surface area contributed by atoms with E-state index >= 15 is 0 Å². The van der Waals surface area contributed by atoms with Gasteiger partial charge in [0.1, 0.15) is 12.4 Å². The minimum absolute atomic E-state index is 0.262. The molecule has 2 aromatic rings. The molecular weight excluding hydrogens is 258 g/mol. The van der Waals surface area contributed by atoms with E-state index in [1.807, 2.05) is 0 Å². The molecule has 2 rings (SSSR count). The molecule has 0 saturated carbocycles. The smallest absolute Gasteiger partial charge is 0.255 e. The number of nitrogens with one attached hydrogen (secondary N) is 2. The zero-order valence-corrected chi connectivity index (χ0v) is 11.0. The maximum atomic E-state index is 12.2. The highest BCUT2D eigenvalue weighted by Crippen LogP contribution is 2.19. The second-order valence-corrected chi connectivity index (χ2v) is 4.06. The third-order valence-corrected chi connectivity index (χ3v) is 2.58. The Morgan fingerprint density at radius 1 is 1.55 bits per heavy atom. The average Bonchev–Trinajstić information content (AvgIpc) is 2.99. The zero-order chi connectivity index (χ0) is 14.4.